The zero-order valence-electron chi connectivity index (χ0n) is 10.2. The number of ether oxygens (including phenoxy) is 1. The summed E-state index contributed by atoms with van der Waals surface area (Å²) in [5.74, 6) is -3.24. The Bertz CT molecular complexity index is 327. The molecule has 2 atom stereocenters. The van der Waals surface area contributed by atoms with Gasteiger partial charge >= 0.3 is 0 Å². The Morgan fingerprint density at radius 1 is 1.61 bits per heavy atom. The van der Waals surface area contributed by atoms with Crippen LogP contribution in [-0.2, 0) is 9.53 Å². The fraction of sp³-hybridized carbons (Fsp3) is 0.909. The summed E-state index contributed by atoms with van der Waals surface area (Å²) >= 11 is 0. The van der Waals surface area contributed by atoms with E-state index in [9.17, 15) is 13.6 Å². The summed E-state index contributed by atoms with van der Waals surface area (Å²) in [6.07, 6.45) is 0.785. The lowest BCUT2D eigenvalue weighted by Gasteiger charge is -2.37. The van der Waals surface area contributed by atoms with Crippen molar-refractivity contribution in [3.63, 3.8) is 0 Å². The molecule has 0 aromatic rings. The van der Waals surface area contributed by atoms with Crippen LogP contribution >= 0.6 is 0 Å². The van der Waals surface area contributed by atoms with Gasteiger partial charge in [-0.25, -0.2) is 8.78 Å². The molecule has 2 fully saturated rings. The number of hydrogen-bond donors (Lipinski definition) is 3. The van der Waals surface area contributed by atoms with Crippen molar-refractivity contribution in [3.8, 4) is 0 Å². The van der Waals surface area contributed by atoms with Crippen molar-refractivity contribution >= 4 is 5.91 Å². The van der Waals surface area contributed by atoms with Crippen LogP contribution < -0.4 is 16.4 Å². The van der Waals surface area contributed by atoms with Crippen molar-refractivity contribution in [1.29, 1.82) is 0 Å². The molecule has 104 valence electrons. The third-order valence-electron chi connectivity index (χ3n) is 3.84. The fourth-order valence-electron chi connectivity index (χ4n) is 2.63. The molecule has 2 aliphatic heterocycles. The van der Waals surface area contributed by atoms with Crippen LogP contribution in [0.15, 0.2) is 0 Å². The number of hydrogen-bond acceptors (Lipinski definition) is 4. The summed E-state index contributed by atoms with van der Waals surface area (Å²) < 4.78 is 31.4. The molecule has 0 spiro atoms. The van der Waals surface area contributed by atoms with Crippen LogP contribution in [0.3, 0.4) is 0 Å². The molecule has 2 heterocycles. The van der Waals surface area contributed by atoms with Crippen molar-refractivity contribution in [3.05, 3.63) is 0 Å². The number of amides is 1. The van der Waals surface area contributed by atoms with Crippen LogP contribution in [0.2, 0.25) is 0 Å². The minimum absolute atomic E-state index is 0.165. The van der Waals surface area contributed by atoms with Gasteiger partial charge in [-0.2, -0.15) is 0 Å². The van der Waals surface area contributed by atoms with E-state index in [-0.39, 0.29) is 11.8 Å². The van der Waals surface area contributed by atoms with Gasteiger partial charge in [0.1, 0.15) is 0 Å². The first-order valence-corrected chi connectivity index (χ1v) is 6.15. The van der Waals surface area contributed by atoms with Crippen molar-refractivity contribution < 1.29 is 18.3 Å². The Labute approximate surface area is 104 Å². The molecule has 2 saturated heterocycles. The monoisotopic (exact) mass is 263 g/mol. The molecule has 0 aliphatic carbocycles. The highest BCUT2D eigenvalue weighted by Gasteiger charge is 2.51. The van der Waals surface area contributed by atoms with E-state index in [0.29, 0.717) is 19.8 Å². The normalized spacial score (nSPS) is 32.1. The van der Waals surface area contributed by atoms with Crippen LogP contribution in [0.5, 0.6) is 0 Å². The van der Waals surface area contributed by atoms with E-state index < -0.39 is 24.4 Å². The lowest BCUT2D eigenvalue weighted by atomic mass is 9.75. The van der Waals surface area contributed by atoms with Gasteiger partial charge in [0.05, 0.1) is 25.1 Å². The van der Waals surface area contributed by atoms with Crippen LogP contribution in [0.1, 0.15) is 6.42 Å². The molecule has 0 bridgehead atoms. The topological polar surface area (TPSA) is 76.4 Å². The van der Waals surface area contributed by atoms with Gasteiger partial charge in [0, 0.05) is 13.2 Å². The zero-order chi connectivity index (χ0) is 13.2. The maximum Gasteiger partial charge on any atom is 0.277 e. The van der Waals surface area contributed by atoms with E-state index in [2.05, 4.69) is 10.6 Å². The van der Waals surface area contributed by atoms with Crippen molar-refractivity contribution in [2.45, 2.75) is 12.3 Å². The summed E-state index contributed by atoms with van der Waals surface area (Å²) in [4.78, 5) is 12.2. The summed E-state index contributed by atoms with van der Waals surface area (Å²) in [6, 6.07) is 0. The highest BCUT2D eigenvalue weighted by molar-refractivity contribution is 5.84. The van der Waals surface area contributed by atoms with E-state index >= 15 is 0 Å². The Kier molecular flexibility index (Phi) is 3.84. The smallest absolute Gasteiger partial charge is 0.277 e. The summed E-state index contributed by atoms with van der Waals surface area (Å²) in [5, 5.41) is 5.46. The maximum atomic E-state index is 13.0. The first-order valence-electron chi connectivity index (χ1n) is 6.15. The average molecular weight is 263 g/mol. The molecule has 1 amide bonds. The number of alkyl halides is 2. The molecule has 7 heteroatoms. The molecular formula is C11H19F2N3O2. The zero-order valence-corrected chi connectivity index (χ0v) is 10.2. The van der Waals surface area contributed by atoms with E-state index in [1.54, 1.807) is 0 Å². The van der Waals surface area contributed by atoms with Gasteiger partial charge < -0.3 is 21.1 Å². The minimum Gasteiger partial charge on any atom is -0.380 e. The molecule has 0 saturated carbocycles. The van der Waals surface area contributed by atoms with Gasteiger partial charge in [0.2, 0.25) is 5.91 Å². The van der Waals surface area contributed by atoms with Crippen molar-refractivity contribution in [1.82, 2.24) is 10.6 Å². The number of halogens is 2. The summed E-state index contributed by atoms with van der Waals surface area (Å²) in [7, 11) is 0. The molecule has 2 rings (SSSR count). The van der Waals surface area contributed by atoms with Gasteiger partial charge in [-0.05, 0) is 18.9 Å². The Morgan fingerprint density at radius 3 is 3.11 bits per heavy atom. The van der Waals surface area contributed by atoms with E-state index in [0.717, 1.165) is 13.0 Å². The molecule has 4 N–H and O–H groups in total. The van der Waals surface area contributed by atoms with E-state index in [1.165, 1.54) is 0 Å². The lowest BCUT2D eigenvalue weighted by Crippen LogP contribution is -2.54. The largest absolute Gasteiger partial charge is 0.380 e. The molecule has 0 radical (unpaired) electrons. The van der Waals surface area contributed by atoms with Gasteiger partial charge in [-0.15, -0.1) is 0 Å². The molecule has 5 nitrogen and oxygen atoms in total. The van der Waals surface area contributed by atoms with Crippen LogP contribution in [0, 0.1) is 11.3 Å². The summed E-state index contributed by atoms with van der Waals surface area (Å²) in [6.45, 7) is 0.669. The molecular weight excluding hydrogens is 244 g/mol. The first-order chi connectivity index (χ1) is 8.50. The standard InChI is InChI=1S/C11H19F2N3O2/c12-11(13,4-14)6-16-9(17)10-5-15-3-8(10)1-2-18-7-10/h8,15H,1-7,14H2,(H,16,17)/t8-,10+/m1/s1. The molecule has 2 aliphatic rings. The van der Waals surface area contributed by atoms with Crippen LogP contribution in [0.4, 0.5) is 8.78 Å². The number of nitrogens with one attached hydrogen (secondary N) is 2. The second-order valence-corrected chi connectivity index (χ2v) is 5.07. The minimum atomic E-state index is -3.05. The Balaban J connectivity index is 1.99. The van der Waals surface area contributed by atoms with Gasteiger partial charge in [-0.1, -0.05) is 0 Å². The van der Waals surface area contributed by atoms with Gasteiger partial charge in [0.15, 0.2) is 0 Å². The fourth-order valence-corrected chi connectivity index (χ4v) is 2.63. The maximum absolute atomic E-state index is 13.0. The molecule has 0 aromatic heterocycles. The highest BCUT2D eigenvalue weighted by Crippen LogP contribution is 2.37. The lowest BCUT2D eigenvalue weighted by molar-refractivity contribution is -0.142. The average Bonchev–Trinajstić information content (AvgIpc) is 2.81. The predicted molar refractivity (Wildman–Crippen MR) is 61.2 cm³/mol. The highest BCUT2D eigenvalue weighted by atomic mass is 19.3. The SMILES string of the molecule is NCC(F)(F)CNC(=O)[C@]12CNC[C@H]1CCOC2. The van der Waals surface area contributed by atoms with Crippen LogP contribution in [0.25, 0.3) is 0 Å². The third-order valence-corrected chi connectivity index (χ3v) is 3.84. The van der Waals surface area contributed by atoms with Crippen molar-refractivity contribution in [2.24, 2.45) is 17.1 Å². The van der Waals surface area contributed by atoms with Crippen molar-refractivity contribution in [2.75, 3.05) is 39.4 Å². The van der Waals surface area contributed by atoms with Gasteiger partial charge in [0.25, 0.3) is 5.92 Å². The first kappa shape index (κ1) is 13.6. The third kappa shape index (κ3) is 2.48. The molecule has 18 heavy (non-hydrogen) atoms. The number of carbonyl (C=O) groups excluding carboxylic acids is 1. The predicted octanol–water partition coefficient (Wildman–Crippen LogP) is -0.677. The quantitative estimate of drug-likeness (QED) is 0.628. The molecule has 0 unspecified atom stereocenters. The van der Waals surface area contributed by atoms with Crippen LogP contribution in [-0.4, -0.2) is 51.2 Å². The Morgan fingerprint density at radius 2 is 2.39 bits per heavy atom. The van der Waals surface area contributed by atoms with E-state index in [4.69, 9.17) is 10.5 Å². The number of fused-ring (bicyclic) bond motifs is 1. The van der Waals surface area contributed by atoms with E-state index in [1.807, 2.05) is 0 Å². The number of nitrogens with two attached hydrogens (primary N) is 1. The number of rotatable bonds is 4. The van der Waals surface area contributed by atoms with Gasteiger partial charge in [-0.3, -0.25) is 4.79 Å². The number of carbonyl (C=O) groups is 1. The second kappa shape index (κ2) is 5.07. The summed E-state index contributed by atoms with van der Waals surface area (Å²) in [5.41, 5.74) is 4.25. The second-order valence-electron chi connectivity index (χ2n) is 5.07. The molecule has 0 aromatic carbocycles. The Hall–Kier alpha value is -0.790.